The average Bonchev–Trinajstić information content (AvgIpc) is 3.36. The number of hydrogen-bond acceptors (Lipinski definition) is 5. The van der Waals surface area contributed by atoms with Crippen LogP contribution in [0.4, 0.5) is 11.5 Å². The lowest BCUT2D eigenvalue weighted by Gasteiger charge is -2.43. The molecule has 1 unspecified atom stereocenters. The van der Waals surface area contributed by atoms with Crippen molar-refractivity contribution in [3.05, 3.63) is 55.0 Å². The van der Waals surface area contributed by atoms with E-state index in [1.165, 1.54) is 12.8 Å². The Morgan fingerprint density at radius 3 is 2.55 bits per heavy atom. The fourth-order valence-electron chi connectivity index (χ4n) is 4.95. The standard InChI is InChI=1S/C25H27N5O/c1-3-21-25(31)29(2)22-16-27-23(28-24(22)30(21)18-11-7-8-12-18)19-13-14-26-15-20(19)17-9-5-4-6-10-17/h4-6,9-10,13-16,18,21H,3,7-8,11-12H2,1-2H3. The molecular formula is C25H27N5O. The van der Waals surface area contributed by atoms with Gasteiger partial charge in [-0.15, -0.1) is 0 Å². The molecule has 6 nitrogen and oxygen atoms in total. The highest BCUT2D eigenvalue weighted by Gasteiger charge is 2.41. The number of benzene rings is 1. The van der Waals surface area contributed by atoms with E-state index >= 15 is 0 Å². The van der Waals surface area contributed by atoms with E-state index in [0.29, 0.717) is 11.9 Å². The number of carbonyl (C=O) groups excluding carboxylic acids is 1. The maximum Gasteiger partial charge on any atom is 0.249 e. The van der Waals surface area contributed by atoms with Crippen LogP contribution < -0.4 is 9.80 Å². The van der Waals surface area contributed by atoms with Crippen LogP contribution in [-0.4, -0.2) is 40.0 Å². The van der Waals surface area contributed by atoms with Crippen molar-refractivity contribution in [2.45, 2.75) is 51.1 Å². The van der Waals surface area contributed by atoms with Gasteiger partial charge in [-0.3, -0.25) is 9.78 Å². The van der Waals surface area contributed by atoms with Crippen LogP contribution >= 0.6 is 0 Å². The molecule has 31 heavy (non-hydrogen) atoms. The SMILES string of the molecule is CCC1C(=O)N(C)c2cnc(-c3ccncc3-c3ccccc3)nc2N1C1CCCC1. The number of rotatable bonds is 4. The van der Waals surface area contributed by atoms with E-state index < -0.39 is 0 Å². The summed E-state index contributed by atoms with van der Waals surface area (Å²) in [6, 6.07) is 12.4. The number of nitrogens with zero attached hydrogens (tertiary/aromatic N) is 5. The van der Waals surface area contributed by atoms with E-state index in [9.17, 15) is 4.79 Å². The molecule has 1 saturated carbocycles. The average molecular weight is 414 g/mol. The van der Waals surface area contributed by atoms with Crippen LogP contribution in [-0.2, 0) is 4.79 Å². The smallest absolute Gasteiger partial charge is 0.249 e. The van der Waals surface area contributed by atoms with Gasteiger partial charge in [0, 0.05) is 36.6 Å². The molecule has 5 rings (SSSR count). The fraction of sp³-hybridized carbons (Fsp3) is 0.360. The molecule has 0 radical (unpaired) electrons. The van der Waals surface area contributed by atoms with Gasteiger partial charge in [0.05, 0.1) is 6.20 Å². The van der Waals surface area contributed by atoms with Crippen molar-refractivity contribution < 1.29 is 4.79 Å². The Morgan fingerprint density at radius 2 is 1.81 bits per heavy atom. The molecule has 2 aliphatic rings. The Balaban J connectivity index is 1.66. The van der Waals surface area contributed by atoms with Gasteiger partial charge in [-0.05, 0) is 30.9 Å². The maximum absolute atomic E-state index is 13.1. The lowest BCUT2D eigenvalue weighted by atomic mass is 10.0. The van der Waals surface area contributed by atoms with Crippen LogP contribution in [0.25, 0.3) is 22.5 Å². The summed E-state index contributed by atoms with van der Waals surface area (Å²) in [5, 5.41) is 0. The molecule has 1 fully saturated rings. The molecule has 158 valence electrons. The molecule has 3 heterocycles. The van der Waals surface area contributed by atoms with Crippen molar-refractivity contribution in [1.29, 1.82) is 0 Å². The van der Waals surface area contributed by atoms with Gasteiger partial charge in [-0.25, -0.2) is 9.97 Å². The molecule has 0 bridgehead atoms. The van der Waals surface area contributed by atoms with E-state index in [0.717, 1.165) is 47.5 Å². The summed E-state index contributed by atoms with van der Waals surface area (Å²) in [6.45, 7) is 2.09. The summed E-state index contributed by atoms with van der Waals surface area (Å²) >= 11 is 0. The number of aromatic nitrogens is 3. The first-order valence-corrected chi connectivity index (χ1v) is 11.1. The fourth-order valence-corrected chi connectivity index (χ4v) is 4.95. The second-order valence-electron chi connectivity index (χ2n) is 8.36. The minimum atomic E-state index is -0.172. The van der Waals surface area contributed by atoms with Crippen molar-refractivity contribution in [2.24, 2.45) is 0 Å². The quantitative estimate of drug-likeness (QED) is 0.620. The number of likely N-dealkylation sites (N-methyl/N-ethyl adjacent to an activating group) is 1. The first-order valence-electron chi connectivity index (χ1n) is 11.1. The second kappa shape index (κ2) is 8.10. The minimum Gasteiger partial charge on any atom is -0.340 e. The van der Waals surface area contributed by atoms with Crippen molar-refractivity contribution in [2.75, 3.05) is 16.8 Å². The van der Waals surface area contributed by atoms with Gasteiger partial charge in [-0.2, -0.15) is 0 Å². The van der Waals surface area contributed by atoms with Gasteiger partial charge >= 0.3 is 0 Å². The largest absolute Gasteiger partial charge is 0.340 e. The number of hydrogen-bond donors (Lipinski definition) is 0. The zero-order valence-corrected chi connectivity index (χ0v) is 18.0. The Labute approximate surface area is 183 Å². The van der Waals surface area contributed by atoms with Gasteiger partial charge in [0.2, 0.25) is 5.91 Å². The third-order valence-corrected chi connectivity index (χ3v) is 6.56. The van der Waals surface area contributed by atoms with Gasteiger partial charge in [-0.1, -0.05) is 50.1 Å². The Hall–Kier alpha value is -3.28. The predicted octanol–water partition coefficient (Wildman–Crippen LogP) is 4.71. The third kappa shape index (κ3) is 3.36. The summed E-state index contributed by atoms with van der Waals surface area (Å²) in [5.41, 5.74) is 3.82. The molecule has 1 aliphatic carbocycles. The lowest BCUT2D eigenvalue weighted by molar-refractivity contribution is -0.120. The molecule has 0 N–H and O–H groups in total. The molecule has 0 spiro atoms. The number of anilines is 2. The molecule has 3 aromatic rings. The molecule has 6 heteroatoms. The summed E-state index contributed by atoms with van der Waals surface area (Å²) < 4.78 is 0. The molecule has 1 aromatic carbocycles. The van der Waals surface area contributed by atoms with E-state index in [4.69, 9.17) is 4.98 Å². The van der Waals surface area contributed by atoms with Gasteiger partial charge in [0.1, 0.15) is 11.7 Å². The first kappa shape index (κ1) is 19.7. The molecule has 1 aliphatic heterocycles. The summed E-state index contributed by atoms with van der Waals surface area (Å²) in [6.07, 6.45) is 10.8. The maximum atomic E-state index is 13.1. The van der Waals surface area contributed by atoms with Crippen LogP contribution in [0.5, 0.6) is 0 Å². The summed E-state index contributed by atoms with van der Waals surface area (Å²) in [7, 11) is 1.83. The number of amides is 1. The lowest BCUT2D eigenvalue weighted by Crippen LogP contribution is -2.55. The summed E-state index contributed by atoms with van der Waals surface area (Å²) in [5.74, 6) is 1.68. The first-order chi connectivity index (χ1) is 15.2. The molecule has 1 atom stereocenters. The van der Waals surface area contributed by atoms with E-state index in [1.54, 1.807) is 17.3 Å². The zero-order valence-electron chi connectivity index (χ0n) is 18.0. The number of carbonyl (C=O) groups is 1. The van der Waals surface area contributed by atoms with Gasteiger partial charge in [0.15, 0.2) is 11.6 Å². The molecule has 1 amide bonds. The van der Waals surface area contributed by atoms with Crippen LogP contribution in [0.2, 0.25) is 0 Å². The zero-order chi connectivity index (χ0) is 21.4. The van der Waals surface area contributed by atoms with Gasteiger partial charge < -0.3 is 9.80 Å². The Kier molecular flexibility index (Phi) is 5.14. The van der Waals surface area contributed by atoms with Crippen LogP contribution in [0.15, 0.2) is 55.0 Å². The van der Waals surface area contributed by atoms with Gasteiger partial charge in [0.25, 0.3) is 0 Å². The Bertz CT molecular complexity index is 1090. The van der Waals surface area contributed by atoms with E-state index in [1.807, 2.05) is 37.5 Å². The van der Waals surface area contributed by atoms with Crippen molar-refractivity contribution in [1.82, 2.24) is 15.0 Å². The predicted molar refractivity (Wildman–Crippen MR) is 123 cm³/mol. The normalized spacial score (nSPS) is 19.0. The molecule has 0 saturated heterocycles. The monoisotopic (exact) mass is 413 g/mol. The second-order valence-corrected chi connectivity index (χ2v) is 8.36. The van der Waals surface area contributed by atoms with Crippen molar-refractivity contribution >= 4 is 17.4 Å². The Morgan fingerprint density at radius 1 is 1.03 bits per heavy atom. The van der Waals surface area contributed by atoms with Crippen molar-refractivity contribution in [3.8, 4) is 22.5 Å². The van der Waals surface area contributed by atoms with E-state index in [2.05, 4.69) is 33.9 Å². The van der Waals surface area contributed by atoms with Crippen LogP contribution in [0.3, 0.4) is 0 Å². The van der Waals surface area contributed by atoms with Crippen molar-refractivity contribution in [3.63, 3.8) is 0 Å². The molecule has 2 aromatic heterocycles. The highest BCUT2D eigenvalue weighted by Crippen LogP contribution is 2.41. The topological polar surface area (TPSA) is 62.2 Å². The molecular weight excluding hydrogens is 386 g/mol. The number of fused-ring (bicyclic) bond motifs is 1. The third-order valence-electron chi connectivity index (χ3n) is 6.56. The minimum absolute atomic E-state index is 0.132. The van der Waals surface area contributed by atoms with Crippen LogP contribution in [0.1, 0.15) is 39.0 Å². The van der Waals surface area contributed by atoms with E-state index in [-0.39, 0.29) is 11.9 Å². The van der Waals surface area contributed by atoms with Crippen LogP contribution in [0, 0.1) is 0 Å². The highest BCUT2D eigenvalue weighted by atomic mass is 16.2. The number of pyridine rings is 1. The highest BCUT2D eigenvalue weighted by molar-refractivity contribution is 6.04. The summed E-state index contributed by atoms with van der Waals surface area (Å²) in [4.78, 5) is 31.2.